The maximum Gasteiger partial charge on any atom is 0.204 e. The highest BCUT2D eigenvalue weighted by Gasteiger charge is 2.07. The largest absolute Gasteiger partial charge is 0.428 e. The molecule has 0 saturated carbocycles. The zero-order valence-corrected chi connectivity index (χ0v) is 11.1. The van der Waals surface area contributed by atoms with Crippen LogP contribution in [0.5, 0.6) is 5.75 Å². The van der Waals surface area contributed by atoms with E-state index in [9.17, 15) is 0 Å². The normalized spacial score (nSPS) is 10.8. The van der Waals surface area contributed by atoms with Crippen molar-refractivity contribution in [3.8, 4) is 17.1 Å². The Bertz CT molecular complexity index is 466. The van der Waals surface area contributed by atoms with Gasteiger partial charge in [-0.15, -0.1) is 10.2 Å². The lowest BCUT2D eigenvalue weighted by atomic mass is 10.2. The Hall–Kier alpha value is -1.18. The Kier molecular flexibility index (Phi) is 3.37. The average molecular weight is 330 g/mol. The smallest absolute Gasteiger partial charge is 0.204 e. The Morgan fingerprint density at radius 3 is 2.44 bits per heavy atom. The predicted molar refractivity (Wildman–Crippen MR) is 68.3 cm³/mol. The molecule has 0 aliphatic carbocycles. The molecule has 0 aliphatic heterocycles. The first-order valence-corrected chi connectivity index (χ1v) is 5.77. The summed E-state index contributed by atoms with van der Waals surface area (Å²) in [4.78, 5) is 1.60. The minimum atomic E-state index is 0.221. The van der Waals surface area contributed by atoms with Crippen molar-refractivity contribution in [1.29, 1.82) is 0 Å². The molecule has 16 heavy (non-hydrogen) atoms. The van der Waals surface area contributed by atoms with E-state index in [2.05, 4.69) is 15.4 Å². The van der Waals surface area contributed by atoms with Crippen LogP contribution in [0.2, 0.25) is 0 Å². The standard InChI is InChI=1S/C10H11IN4O/c1-7(2)15-13-10(12-14-15)8-3-5-9(16-11)6-4-8/h3-7H,1-2H3. The molecule has 0 fully saturated rings. The molecule has 1 aromatic heterocycles. The summed E-state index contributed by atoms with van der Waals surface area (Å²) in [5.41, 5.74) is 0.934. The van der Waals surface area contributed by atoms with Gasteiger partial charge in [-0.2, -0.15) is 4.80 Å². The summed E-state index contributed by atoms with van der Waals surface area (Å²) in [6.45, 7) is 4.02. The van der Waals surface area contributed by atoms with Crippen LogP contribution in [0.3, 0.4) is 0 Å². The second-order valence-electron chi connectivity index (χ2n) is 3.63. The molecule has 0 saturated heterocycles. The molecule has 0 bridgehead atoms. The van der Waals surface area contributed by atoms with Crippen LogP contribution in [0.25, 0.3) is 11.4 Å². The van der Waals surface area contributed by atoms with Crippen molar-refractivity contribution in [1.82, 2.24) is 20.2 Å². The van der Waals surface area contributed by atoms with Crippen LogP contribution in [-0.2, 0) is 0 Å². The predicted octanol–water partition coefficient (Wildman–Crippen LogP) is 2.65. The number of rotatable bonds is 3. The van der Waals surface area contributed by atoms with Gasteiger partial charge in [0.1, 0.15) is 5.75 Å². The van der Waals surface area contributed by atoms with Crippen molar-refractivity contribution in [3.63, 3.8) is 0 Å². The lowest BCUT2D eigenvalue weighted by Gasteiger charge is -2.00. The third kappa shape index (κ3) is 2.31. The van der Waals surface area contributed by atoms with Crippen LogP contribution in [0.1, 0.15) is 19.9 Å². The van der Waals surface area contributed by atoms with Gasteiger partial charge in [0.25, 0.3) is 0 Å². The number of tetrazole rings is 1. The molecule has 0 amide bonds. The molecule has 0 spiro atoms. The number of aromatic nitrogens is 4. The fraction of sp³-hybridized carbons (Fsp3) is 0.300. The molecule has 0 radical (unpaired) electrons. The Labute approximate surface area is 107 Å². The number of nitrogens with zero attached hydrogens (tertiary/aromatic N) is 4. The van der Waals surface area contributed by atoms with Crippen LogP contribution >= 0.6 is 23.0 Å². The van der Waals surface area contributed by atoms with Crippen LogP contribution in [0.15, 0.2) is 24.3 Å². The molecule has 84 valence electrons. The van der Waals surface area contributed by atoms with Gasteiger partial charge >= 0.3 is 0 Å². The topological polar surface area (TPSA) is 52.8 Å². The maximum absolute atomic E-state index is 5.06. The second kappa shape index (κ2) is 4.77. The summed E-state index contributed by atoms with van der Waals surface area (Å²) in [5, 5.41) is 12.3. The molecule has 2 aromatic rings. The summed E-state index contributed by atoms with van der Waals surface area (Å²) < 4.78 is 5.06. The summed E-state index contributed by atoms with van der Waals surface area (Å²) in [7, 11) is 0. The van der Waals surface area contributed by atoms with Gasteiger partial charge in [-0.1, -0.05) is 0 Å². The Morgan fingerprint density at radius 1 is 1.25 bits per heavy atom. The average Bonchev–Trinajstić information content (AvgIpc) is 2.78. The van der Waals surface area contributed by atoms with E-state index in [4.69, 9.17) is 3.07 Å². The molecular weight excluding hydrogens is 319 g/mol. The third-order valence-corrected chi connectivity index (χ3v) is 2.60. The van der Waals surface area contributed by atoms with Gasteiger partial charge in [0.15, 0.2) is 23.0 Å². The minimum absolute atomic E-state index is 0.221. The van der Waals surface area contributed by atoms with Gasteiger partial charge in [0.2, 0.25) is 5.82 Å². The van der Waals surface area contributed by atoms with Crippen molar-refractivity contribution in [2.24, 2.45) is 0 Å². The number of hydrogen-bond acceptors (Lipinski definition) is 4. The van der Waals surface area contributed by atoms with Gasteiger partial charge < -0.3 is 3.07 Å². The summed E-state index contributed by atoms with van der Waals surface area (Å²) in [5.74, 6) is 1.44. The fourth-order valence-corrected chi connectivity index (χ4v) is 1.51. The molecule has 0 unspecified atom stereocenters. The first kappa shape index (κ1) is 11.3. The highest BCUT2D eigenvalue weighted by molar-refractivity contribution is 14.1. The van der Waals surface area contributed by atoms with Crippen molar-refractivity contribution in [2.45, 2.75) is 19.9 Å². The first-order valence-electron chi connectivity index (χ1n) is 4.89. The van der Waals surface area contributed by atoms with Crippen LogP contribution in [0, 0.1) is 0 Å². The minimum Gasteiger partial charge on any atom is -0.428 e. The summed E-state index contributed by atoms with van der Waals surface area (Å²) >= 11 is 1.84. The Morgan fingerprint density at radius 2 is 1.94 bits per heavy atom. The highest BCUT2D eigenvalue weighted by Crippen LogP contribution is 2.20. The van der Waals surface area contributed by atoms with E-state index in [1.807, 2.05) is 61.1 Å². The monoisotopic (exact) mass is 330 g/mol. The van der Waals surface area contributed by atoms with Crippen LogP contribution in [0.4, 0.5) is 0 Å². The van der Waals surface area contributed by atoms with Gasteiger partial charge in [-0.3, -0.25) is 0 Å². The van der Waals surface area contributed by atoms with E-state index in [-0.39, 0.29) is 6.04 Å². The fourth-order valence-electron chi connectivity index (χ4n) is 1.21. The van der Waals surface area contributed by atoms with Crippen molar-refractivity contribution in [2.75, 3.05) is 0 Å². The number of halogens is 1. The van der Waals surface area contributed by atoms with E-state index in [0.717, 1.165) is 11.3 Å². The lowest BCUT2D eigenvalue weighted by molar-refractivity contribution is 0.455. The van der Waals surface area contributed by atoms with Crippen LogP contribution < -0.4 is 3.07 Å². The molecule has 0 N–H and O–H groups in total. The molecule has 5 nitrogen and oxygen atoms in total. The number of benzene rings is 1. The van der Waals surface area contributed by atoms with E-state index >= 15 is 0 Å². The third-order valence-electron chi connectivity index (χ3n) is 2.09. The molecule has 2 rings (SSSR count). The van der Waals surface area contributed by atoms with E-state index in [0.29, 0.717) is 5.82 Å². The summed E-state index contributed by atoms with van der Waals surface area (Å²) in [6.07, 6.45) is 0. The highest BCUT2D eigenvalue weighted by atomic mass is 127. The number of hydrogen-bond donors (Lipinski definition) is 0. The molecule has 1 heterocycles. The zero-order chi connectivity index (χ0) is 11.5. The molecule has 0 aliphatic rings. The van der Waals surface area contributed by atoms with Crippen LogP contribution in [-0.4, -0.2) is 20.2 Å². The van der Waals surface area contributed by atoms with E-state index in [1.54, 1.807) is 4.80 Å². The van der Waals surface area contributed by atoms with Gasteiger partial charge in [0, 0.05) is 5.56 Å². The first-order chi connectivity index (χ1) is 7.70. The van der Waals surface area contributed by atoms with Crippen molar-refractivity contribution >= 4 is 23.0 Å². The lowest BCUT2D eigenvalue weighted by Crippen LogP contribution is -2.04. The Balaban J connectivity index is 2.28. The SMILES string of the molecule is CC(C)n1nnc(-c2ccc(OI)cc2)n1. The molecule has 1 aromatic carbocycles. The quantitative estimate of drug-likeness (QED) is 0.812. The summed E-state index contributed by atoms with van der Waals surface area (Å²) in [6, 6.07) is 7.79. The maximum atomic E-state index is 5.06. The van der Waals surface area contributed by atoms with Crippen molar-refractivity contribution in [3.05, 3.63) is 24.3 Å². The molecular formula is C10H11IN4O. The van der Waals surface area contributed by atoms with Gasteiger partial charge in [-0.25, -0.2) is 0 Å². The molecule has 0 atom stereocenters. The molecule has 6 heteroatoms. The van der Waals surface area contributed by atoms with Crippen molar-refractivity contribution < 1.29 is 3.07 Å². The second-order valence-corrected chi connectivity index (χ2v) is 4.07. The van der Waals surface area contributed by atoms with Gasteiger partial charge in [-0.05, 0) is 43.3 Å². The van der Waals surface area contributed by atoms with Gasteiger partial charge in [0.05, 0.1) is 6.04 Å². The van der Waals surface area contributed by atoms with E-state index in [1.165, 1.54) is 0 Å². The zero-order valence-electron chi connectivity index (χ0n) is 8.96. The van der Waals surface area contributed by atoms with E-state index < -0.39 is 0 Å².